The highest BCUT2D eigenvalue weighted by atomic mass is 15.2. The van der Waals surface area contributed by atoms with E-state index < -0.39 is 0 Å². The number of benzene rings is 2. The van der Waals surface area contributed by atoms with E-state index in [1.165, 1.54) is 11.1 Å². The van der Waals surface area contributed by atoms with Crippen molar-refractivity contribution in [3.05, 3.63) is 72.2 Å². The van der Waals surface area contributed by atoms with Crippen molar-refractivity contribution in [2.24, 2.45) is 7.05 Å². The van der Waals surface area contributed by atoms with Crippen LogP contribution in [-0.2, 0) is 20.0 Å². The van der Waals surface area contributed by atoms with Gasteiger partial charge in [-0.2, -0.15) is 4.98 Å². The Morgan fingerprint density at radius 2 is 1.93 bits per heavy atom. The number of aromatic nitrogens is 5. The third-order valence-corrected chi connectivity index (χ3v) is 5.75. The molecule has 1 aliphatic rings. The zero-order valence-electron chi connectivity index (χ0n) is 16.1. The molecular formula is C23H20N6. The van der Waals surface area contributed by atoms with Gasteiger partial charge in [0.05, 0.1) is 16.7 Å². The third kappa shape index (κ3) is 2.57. The first-order valence-electron chi connectivity index (χ1n) is 9.86. The van der Waals surface area contributed by atoms with E-state index >= 15 is 0 Å². The standard InChI is InChI=1S/C23H20N6/c1-28-11-9-18-21(16-7-6-15-8-10-24-13-17(15)12-16)26-23(27-22(18)28)29-14-25-19-4-2-3-5-20(19)29/h2-7,9,11-12,14,24H,8,10,13H2,1H3. The number of rotatable bonds is 2. The highest BCUT2D eigenvalue weighted by Gasteiger charge is 2.17. The predicted octanol–water partition coefficient (Wildman–Crippen LogP) is 3.62. The molecule has 5 aromatic rings. The minimum absolute atomic E-state index is 0.638. The van der Waals surface area contributed by atoms with Gasteiger partial charge in [-0.3, -0.25) is 4.57 Å². The van der Waals surface area contributed by atoms with Gasteiger partial charge in [0.25, 0.3) is 0 Å². The second kappa shape index (κ2) is 6.25. The molecule has 0 bridgehead atoms. The fourth-order valence-electron chi connectivity index (χ4n) is 4.20. The Labute approximate surface area is 167 Å². The van der Waals surface area contributed by atoms with Gasteiger partial charge in [0.15, 0.2) is 0 Å². The Balaban J connectivity index is 1.60. The van der Waals surface area contributed by atoms with E-state index in [4.69, 9.17) is 9.97 Å². The van der Waals surface area contributed by atoms with Crippen LogP contribution in [0.2, 0.25) is 0 Å². The Kier molecular flexibility index (Phi) is 3.55. The summed E-state index contributed by atoms with van der Waals surface area (Å²) in [6.45, 7) is 1.95. The topological polar surface area (TPSA) is 60.6 Å². The molecule has 0 saturated heterocycles. The van der Waals surface area contributed by atoms with E-state index in [0.717, 1.165) is 52.8 Å². The lowest BCUT2D eigenvalue weighted by molar-refractivity contribution is 0.644. The summed E-state index contributed by atoms with van der Waals surface area (Å²) in [6, 6.07) is 16.9. The zero-order valence-corrected chi connectivity index (χ0v) is 16.1. The molecular weight excluding hydrogens is 360 g/mol. The Hall–Kier alpha value is -3.51. The quantitative estimate of drug-likeness (QED) is 0.508. The van der Waals surface area contributed by atoms with Gasteiger partial charge in [-0.25, -0.2) is 9.97 Å². The Morgan fingerprint density at radius 1 is 1.00 bits per heavy atom. The first-order valence-corrected chi connectivity index (χ1v) is 9.86. The minimum Gasteiger partial charge on any atom is -0.335 e. The van der Waals surface area contributed by atoms with Crippen LogP contribution in [0, 0.1) is 0 Å². The molecule has 0 spiro atoms. The van der Waals surface area contributed by atoms with Crippen LogP contribution in [0.25, 0.3) is 39.3 Å². The summed E-state index contributed by atoms with van der Waals surface area (Å²) < 4.78 is 4.01. The average molecular weight is 380 g/mol. The number of hydrogen-bond acceptors (Lipinski definition) is 4. The molecule has 0 radical (unpaired) electrons. The van der Waals surface area contributed by atoms with Gasteiger partial charge in [-0.1, -0.05) is 24.3 Å². The molecule has 0 atom stereocenters. The minimum atomic E-state index is 0.638. The molecule has 6 heteroatoms. The van der Waals surface area contributed by atoms with Gasteiger partial charge in [-0.15, -0.1) is 0 Å². The molecule has 0 aliphatic carbocycles. The van der Waals surface area contributed by atoms with Gasteiger partial charge in [0.1, 0.15) is 12.0 Å². The number of fused-ring (bicyclic) bond motifs is 3. The van der Waals surface area contributed by atoms with E-state index in [0.29, 0.717) is 5.95 Å². The summed E-state index contributed by atoms with van der Waals surface area (Å²) >= 11 is 0. The van der Waals surface area contributed by atoms with Crippen LogP contribution in [-0.4, -0.2) is 30.6 Å². The number of para-hydroxylation sites is 2. The van der Waals surface area contributed by atoms with E-state index in [2.05, 4.69) is 34.6 Å². The van der Waals surface area contributed by atoms with Crippen molar-refractivity contribution in [1.82, 2.24) is 29.4 Å². The van der Waals surface area contributed by atoms with Gasteiger partial charge >= 0.3 is 0 Å². The molecule has 6 nitrogen and oxygen atoms in total. The predicted molar refractivity (Wildman–Crippen MR) is 114 cm³/mol. The van der Waals surface area contributed by atoms with E-state index in [9.17, 15) is 0 Å². The first kappa shape index (κ1) is 16.4. The molecule has 0 saturated carbocycles. The van der Waals surface area contributed by atoms with Crippen LogP contribution in [0.1, 0.15) is 11.1 Å². The van der Waals surface area contributed by atoms with Crippen molar-refractivity contribution >= 4 is 22.1 Å². The van der Waals surface area contributed by atoms with Crippen molar-refractivity contribution in [1.29, 1.82) is 0 Å². The molecule has 0 amide bonds. The summed E-state index contributed by atoms with van der Waals surface area (Å²) in [5.74, 6) is 0.638. The van der Waals surface area contributed by atoms with Crippen molar-refractivity contribution in [2.45, 2.75) is 13.0 Å². The number of nitrogens with zero attached hydrogens (tertiary/aromatic N) is 5. The zero-order chi connectivity index (χ0) is 19.4. The van der Waals surface area contributed by atoms with Crippen LogP contribution in [0.5, 0.6) is 0 Å². The second-order valence-electron chi connectivity index (χ2n) is 7.55. The van der Waals surface area contributed by atoms with Gasteiger partial charge < -0.3 is 9.88 Å². The number of imidazole rings is 1. The Bertz CT molecular complexity index is 1380. The van der Waals surface area contributed by atoms with Gasteiger partial charge in [0, 0.05) is 30.7 Å². The lowest BCUT2D eigenvalue weighted by Gasteiger charge is -2.18. The largest absolute Gasteiger partial charge is 0.335 e. The van der Waals surface area contributed by atoms with Crippen LogP contribution in [0.15, 0.2) is 61.1 Å². The SMILES string of the molecule is Cn1ccc2c(-c3ccc4c(c3)CNCC4)nc(-n3cnc4ccccc43)nc21. The molecule has 4 heterocycles. The molecule has 1 N–H and O–H groups in total. The molecule has 0 unspecified atom stereocenters. The van der Waals surface area contributed by atoms with Crippen LogP contribution < -0.4 is 5.32 Å². The van der Waals surface area contributed by atoms with Crippen molar-refractivity contribution in [2.75, 3.05) is 6.54 Å². The van der Waals surface area contributed by atoms with Crippen molar-refractivity contribution in [3.63, 3.8) is 0 Å². The average Bonchev–Trinajstić information content (AvgIpc) is 3.37. The molecule has 29 heavy (non-hydrogen) atoms. The summed E-state index contributed by atoms with van der Waals surface area (Å²) in [4.78, 5) is 14.4. The van der Waals surface area contributed by atoms with Crippen LogP contribution in [0.3, 0.4) is 0 Å². The summed E-state index contributed by atoms with van der Waals surface area (Å²) in [6.07, 6.45) is 4.92. The Morgan fingerprint density at radius 3 is 2.90 bits per heavy atom. The fourth-order valence-corrected chi connectivity index (χ4v) is 4.20. The highest BCUT2D eigenvalue weighted by molar-refractivity contribution is 5.92. The van der Waals surface area contributed by atoms with E-state index in [-0.39, 0.29) is 0 Å². The van der Waals surface area contributed by atoms with E-state index in [1.54, 1.807) is 6.33 Å². The van der Waals surface area contributed by atoms with Gasteiger partial charge in [-0.05, 0) is 48.4 Å². The first-order chi connectivity index (χ1) is 14.3. The number of hydrogen-bond donors (Lipinski definition) is 1. The van der Waals surface area contributed by atoms with Crippen LogP contribution >= 0.6 is 0 Å². The fraction of sp³-hybridized carbons (Fsp3) is 0.174. The second-order valence-corrected chi connectivity index (χ2v) is 7.55. The summed E-state index contributed by atoms with van der Waals surface area (Å²) in [7, 11) is 2.02. The molecule has 3 aromatic heterocycles. The summed E-state index contributed by atoms with van der Waals surface area (Å²) in [5, 5.41) is 4.53. The molecule has 6 rings (SSSR count). The smallest absolute Gasteiger partial charge is 0.238 e. The van der Waals surface area contributed by atoms with Crippen molar-refractivity contribution in [3.8, 4) is 17.2 Å². The van der Waals surface area contributed by atoms with Gasteiger partial charge in [0.2, 0.25) is 5.95 Å². The third-order valence-electron chi connectivity index (χ3n) is 5.75. The molecule has 1 aliphatic heterocycles. The lowest BCUT2D eigenvalue weighted by Crippen LogP contribution is -2.23. The number of nitrogens with one attached hydrogen (secondary N) is 1. The summed E-state index contributed by atoms with van der Waals surface area (Å²) in [5.41, 5.74) is 7.70. The number of aryl methyl sites for hydroxylation is 1. The maximum absolute atomic E-state index is 5.00. The van der Waals surface area contributed by atoms with E-state index in [1.807, 2.05) is 46.6 Å². The maximum Gasteiger partial charge on any atom is 0.238 e. The monoisotopic (exact) mass is 380 g/mol. The molecule has 0 fully saturated rings. The highest BCUT2D eigenvalue weighted by Crippen LogP contribution is 2.30. The van der Waals surface area contributed by atoms with Crippen molar-refractivity contribution < 1.29 is 0 Å². The normalized spacial score (nSPS) is 13.8. The lowest BCUT2D eigenvalue weighted by atomic mass is 9.97. The maximum atomic E-state index is 5.00. The van der Waals surface area contributed by atoms with Crippen LogP contribution in [0.4, 0.5) is 0 Å². The molecule has 2 aromatic carbocycles. The molecule has 142 valence electrons.